The van der Waals surface area contributed by atoms with Crippen molar-refractivity contribution >= 4 is 39.9 Å². The number of hydrogen-bond acceptors (Lipinski definition) is 8. The first-order valence-electron chi connectivity index (χ1n) is 6.42. The summed E-state index contributed by atoms with van der Waals surface area (Å²) in [4.78, 5) is 23.0. The van der Waals surface area contributed by atoms with Crippen LogP contribution in [0.25, 0.3) is 6.08 Å². The molecule has 1 aromatic carbocycles. The molecule has 0 atom stereocenters. The van der Waals surface area contributed by atoms with E-state index in [1.807, 2.05) is 12.1 Å². The summed E-state index contributed by atoms with van der Waals surface area (Å²) in [6.07, 6.45) is 2.86. The predicted molar refractivity (Wildman–Crippen MR) is 88.2 cm³/mol. The van der Waals surface area contributed by atoms with Gasteiger partial charge in [-0.15, -0.1) is 0 Å². The van der Waals surface area contributed by atoms with Crippen molar-refractivity contribution in [1.29, 1.82) is 0 Å². The summed E-state index contributed by atoms with van der Waals surface area (Å²) in [5, 5.41) is 0. The van der Waals surface area contributed by atoms with Gasteiger partial charge in [-0.2, -0.15) is 15.0 Å². The molecule has 2 rings (SSSR count). The lowest BCUT2D eigenvalue weighted by molar-refractivity contribution is -0.139. The van der Waals surface area contributed by atoms with Crippen LogP contribution in [0.1, 0.15) is 11.4 Å². The van der Waals surface area contributed by atoms with Crippen molar-refractivity contribution in [1.82, 2.24) is 15.0 Å². The van der Waals surface area contributed by atoms with Gasteiger partial charge in [0.05, 0.1) is 7.11 Å². The molecule has 0 saturated heterocycles. The summed E-state index contributed by atoms with van der Waals surface area (Å²) >= 11 is 3.36. The van der Waals surface area contributed by atoms with Crippen molar-refractivity contribution < 1.29 is 14.3 Å². The maximum absolute atomic E-state index is 11.7. The molecule has 0 fully saturated rings. The second-order valence-electron chi connectivity index (χ2n) is 4.30. The van der Waals surface area contributed by atoms with Gasteiger partial charge in [0.1, 0.15) is 5.75 Å². The summed E-state index contributed by atoms with van der Waals surface area (Å²) in [6.45, 7) is -0.157. The Bertz CT molecular complexity index is 731. The Morgan fingerprint density at radius 2 is 1.96 bits per heavy atom. The van der Waals surface area contributed by atoms with E-state index in [0.29, 0.717) is 5.75 Å². The van der Waals surface area contributed by atoms with Crippen LogP contribution in [0.4, 0.5) is 11.9 Å². The Kier molecular flexibility index (Phi) is 5.47. The number of esters is 1. The number of benzene rings is 1. The number of anilines is 2. The number of rotatable bonds is 5. The van der Waals surface area contributed by atoms with Crippen LogP contribution in [0.2, 0.25) is 0 Å². The van der Waals surface area contributed by atoms with Crippen LogP contribution < -0.4 is 16.2 Å². The average molecular weight is 380 g/mol. The van der Waals surface area contributed by atoms with E-state index in [-0.39, 0.29) is 24.3 Å². The standard InChI is InChI=1S/C14H14BrN5O3/c1-22-10-4-3-9(15)6-8(10)2-5-12(21)23-7-11-18-13(16)20-14(17)19-11/h2-6H,7H2,1H3,(H4,16,17,18,19,20)/b5-2+. The SMILES string of the molecule is COc1ccc(Br)cc1/C=C/C(=O)OCc1nc(N)nc(N)n1. The molecule has 0 aliphatic carbocycles. The number of hydrogen-bond donors (Lipinski definition) is 2. The first kappa shape index (κ1) is 16.7. The normalized spacial score (nSPS) is 10.7. The second-order valence-corrected chi connectivity index (χ2v) is 5.21. The first-order chi connectivity index (χ1) is 11.0. The van der Waals surface area contributed by atoms with Crippen LogP contribution in [-0.4, -0.2) is 28.0 Å². The largest absolute Gasteiger partial charge is 0.496 e. The number of halogens is 1. The van der Waals surface area contributed by atoms with Crippen molar-refractivity contribution in [3.05, 3.63) is 40.1 Å². The highest BCUT2D eigenvalue weighted by Crippen LogP contribution is 2.24. The lowest BCUT2D eigenvalue weighted by atomic mass is 10.2. The zero-order chi connectivity index (χ0) is 16.8. The molecule has 0 radical (unpaired) electrons. The average Bonchev–Trinajstić information content (AvgIpc) is 2.50. The maximum Gasteiger partial charge on any atom is 0.331 e. The van der Waals surface area contributed by atoms with Gasteiger partial charge in [-0.1, -0.05) is 15.9 Å². The van der Waals surface area contributed by atoms with Gasteiger partial charge in [-0.25, -0.2) is 4.79 Å². The van der Waals surface area contributed by atoms with E-state index in [1.165, 1.54) is 6.08 Å². The Balaban J connectivity index is 2.00. The van der Waals surface area contributed by atoms with Crippen LogP contribution in [-0.2, 0) is 16.1 Å². The van der Waals surface area contributed by atoms with Crippen LogP contribution in [0.3, 0.4) is 0 Å². The van der Waals surface area contributed by atoms with E-state index >= 15 is 0 Å². The number of nitrogens with zero attached hydrogens (tertiary/aromatic N) is 3. The van der Waals surface area contributed by atoms with E-state index in [2.05, 4.69) is 30.9 Å². The van der Waals surface area contributed by atoms with Gasteiger partial charge in [-0.05, 0) is 24.3 Å². The van der Waals surface area contributed by atoms with Gasteiger partial charge in [0.25, 0.3) is 0 Å². The Morgan fingerprint density at radius 3 is 2.61 bits per heavy atom. The van der Waals surface area contributed by atoms with E-state index < -0.39 is 5.97 Å². The lowest BCUT2D eigenvalue weighted by Gasteiger charge is -2.05. The molecule has 0 spiro atoms. The zero-order valence-corrected chi connectivity index (χ0v) is 13.8. The number of methoxy groups -OCH3 is 1. The van der Waals surface area contributed by atoms with Crippen molar-refractivity contribution in [2.45, 2.75) is 6.61 Å². The minimum atomic E-state index is -0.565. The molecule has 0 aliphatic rings. The number of ether oxygens (including phenoxy) is 2. The molecule has 0 amide bonds. The van der Waals surface area contributed by atoms with Gasteiger partial charge in [0.15, 0.2) is 12.4 Å². The Labute approximate surface area is 140 Å². The molecular weight excluding hydrogens is 366 g/mol. The highest BCUT2D eigenvalue weighted by Gasteiger charge is 2.06. The molecule has 4 N–H and O–H groups in total. The first-order valence-corrected chi connectivity index (χ1v) is 7.21. The van der Waals surface area contributed by atoms with Crippen molar-refractivity contribution in [2.75, 3.05) is 18.6 Å². The smallest absolute Gasteiger partial charge is 0.331 e. The third kappa shape index (κ3) is 4.92. The lowest BCUT2D eigenvalue weighted by Crippen LogP contribution is -2.09. The molecule has 8 nitrogen and oxygen atoms in total. The van der Waals surface area contributed by atoms with Crippen LogP contribution in [0, 0.1) is 0 Å². The fourth-order valence-electron chi connectivity index (χ4n) is 1.70. The molecule has 0 bridgehead atoms. The summed E-state index contributed by atoms with van der Waals surface area (Å²) in [7, 11) is 1.55. The molecule has 0 saturated carbocycles. The molecule has 0 aliphatic heterocycles. The van der Waals surface area contributed by atoms with Gasteiger partial charge < -0.3 is 20.9 Å². The number of nitrogens with two attached hydrogens (primary N) is 2. The molecular formula is C14H14BrN5O3. The van der Waals surface area contributed by atoms with Crippen molar-refractivity contribution in [2.24, 2.45) is 0 Å². The molecule has 0 unspecified atom stereocenters. The summed E-state index contributed by atoms with van der Waals surface area (Å²) in [5.41, 5.74) is 11.6. The van der Waals surface area contributed by atoms with Gasteiger partial charge in [0, 0.05) is 16.1 Å². The molecule has 23 heavy (non-hydrogen) atoms. The van der Waals surface area contributed by atoms with Crippen LogP contribution in [0.15, 0.2) is 28.7 Å². The van der Waals surface area contributed by atoms with E-state index in [1.54, 1.807) is 19.3 Å². The predicted octanol–water partition coefficient (Wildman–Crippen LogP) is 1.56. The van der Waals surface area contributed by atoms with Gasteiger partial charge >= 0.3 is 5.97 Å². The quantitative estimate of drug-likeness (QED) is 0.591. The van der Waals surface area contributed by atoms with E-state index in [9.17, 15) is 4.79 Å². The molecule has 1 aromatic heterocycles. The zero-order valence-electron chi connectivity index (χ0n) is 12.2. The van der Waals surface area contributed by atoms with Crippen LogP contribution >= 0.6 is 15.9 Å². The summed E-state index contributed by atoms with van der Waals surface area (Å²) < 4.78 is 11.1. The number of carbonyl (C=O) groups is 1. The number of nitrogen functional groups attached to an aromatic ring is 2. The molecule has 9 heteroatoms. The summed E-state index contributed by atoms with van der Waals surface area (Å²) in [6, 6.07) is 5.44. The van der Waals surface area contributed by atoms with E-state index in [4.69, 9.17) is 20.9 Å². The minimum absolute atomic E-state index is 0.0297. The van der Waals surface area contributed by atoms with Crippen molar-refractivity contribution in [3.8, 4) is 5.75 Å². The third-order valence-electron chi connectivity index (χ3n) is 2.65. The van der Waals surface area contributed by atoms with Crippen LogP contribution in [0.5, 0.6) is 5.75 Å². The number of aromatic nitrogens is 3. The van der Waals surface area contributed by atoms with Gasteiger partial charge in [-0.3, -0.25) is 0 Å². The van der Waals surface area contributed by atoms with Crippen molar-refractivity contribution in [3.63, 3.8) is 0 Å². The highest BCUT2D eigenvalue weighted by molar-refractivity contribution is 9.10. The summed E-state index contributed by atoms with van der Waals surface area (Å²) in [5.74, 6) is 0.188. The molecule has 120 valence electrons. The Hall–Kier alpha value is -2.68. The fourth-order valence-corrected chi connectivity index (χ4v) is 2.08. The third-order valence-corrected chi connectivity index (χ3v) is 3.14. The molecule has 1 heterocycles. The maximum atomic E-state index is 11.7. The fraction of sp³-hybridized carbons (Fsp3) is 0.143. The minimum Gasteiger partial charge on any atom is -0.496 e. The number of carbonyl (C=O) groups excluding carboxylic acids is 1. The second kappa shape index (κ2) is 7.54. The Morgan fingerprint density at radius 1 is 1.26 bits per heavy atom. The topological polar surface area (TPSA) is 126 Å². The van der Waals surface area contributed by atoms with E-state index in [0.717, 1.165) is 10.0 Å². The molecule has 2 aromatic rings. The highest BCUT2D eigenvalue weighted by atomic mass is 79.9. The van der Waals surface area contributed by atoms with Gasteiger partial charge in [0.2, 0.25) is 11.9 Å². The monoisotopic (exact) mass is 379 g/mol.